The average Bonchev–Trinajstić information content (AvgIpc) is 1.99. The Bertz CT molecular complexity index is 116. The van der Waals surface area contributed by atoms with E-state index in [4.69, 9.17) is 14.9 Å². The Labute approximate surface area is 65.4 Å². The molecule has 0 aromatic heterocycles. The Balaban J connectivity index is 2.47. The summed E-state index contributed by atoms with van der Waals surface area (Å²) in [6, 6.07) is 0. The third-order valence-corrected chi connectivity index (χ3v) is 2.05. The maximum atomic E-state index is 9.20. The van der Waals surface area contributed by atoms with Gasteiger partial charge in [0, 0.05) is 0 Å². The van der Waals surface area contributed by atoms with Crippen molar-refractivity contribution in [1.82, 2.24) is 0 Å². The zero-order chi connectivity index (χ0) is 8.43. The molecule has 1 fully saturated rings. The highest BCUT2D eigenvalue weighted by molar-refractivity contribution is 4.77. The predicted molar refractivity (Wildman–Crippen MR) is 37.8 cm³/mol. The molecule has 1 aliphatic heterocycles. The summed E-state index contributed by atoms with van der Waals surface area (Å²) >= 11 is 0. The normalized spacial score (nSPS) is 45.8. The van der Waals surface area contributed by atoms with E-state index in [1.165, 1.54) is 0 Å². The van der Waals surface area contributed by atoms with Crippen molar-refractivity contribution in [3.63, 3.8) is 0 Å². The first-order valence-corrected chi connectivity index (χ1v) is 3.77. The van der Waals surface area contributed by atoms with Gasteiger partial charge in [0.15, 0.2) is 6.29 Å². The second kappa shape index (κ2) is 3.49. The van der Waals surface area contributed by atoms with Crippen molar-refractivity contribution in [2.45, 2.75) is 31.8 Å². The monoisotopic (exact) mass is 162 g/mol. The van der Waals surface area contributed by atoms with Crippen molar-refractivity contribution in [1.29, 1.82) is 0 Å². The Morgan fingerprint density at radius 2 is 2.09 bits per heavy atom. The lowest BCUT2D eigenvalue weighted by Gasteiger charge is -2.34. The number of hydrogen-bond acceptors (Lipinski definition) is 4. The van der Waals surface area contributed by atoms with Crippen molar-refractivity contribution in [3.05, 3.63) is 0 Å². The molecule has 66 valence electrons. The smallest absolute Gasteiger partial charge is 0.181 e. The van der Waals surface area contributed by atoms with E-state index in [1.807, 2.05) is 6.92 Å². The molecule has 0 amide bonds. The number of rotatable bonds is 1. The lowest BCUT2D eigenvalue weighted by atomic mass is 9.94. The maximum Gasteiger partial charge on any atom is 0.181 e. The van der Waals surface area contributed by atoms with Crippen LogP contribution in [0.25, 0.3) is 0 Å². The predicted octanol–water partition coefficient (Wildman–Crippen LogP) is -0.917. The molecule has 0 aromatic carbocycles. The molecule has 4 heteroatoms. The van der Waals surface area contributed by atoms with E-state index in [0.717, 1.165) is 0 Å². The SMILES string of the molecule is C[C@H]1C[C@@H](CO)O[C@@H](O)[C@@H]1O. The summed E-state index contributed by atoms with van der Waals surface area (Å²) in [6.45, 7) is 1.72. The quantitative estimate of drug-likeness (QED) is 0.466. The van der Waals surface area contributed by atoms with Gasteiger partial charge in [0.05, 0.1) is 12.7 Å². The molecule has 0 spiro atoms. The maximum absolute atomic E-state index is 9.20. The van der Waals surface area contributed by atoms with Crippen LogP contribution in [0.5, 0.6) is 0 Å². The van der Waals surface area contributed by atoms with E-state index in [0.29, 0.717) is 6.42 Å². The second-order valence-electron chi connectivity index (χ2n) is 3.03. The van der Waals surface area contributed by atoms with Crippen molar-refractivity contribution in [2.24, 2.45) is 5.92 Å². The van der Waals surface area contributed by atoms with Crippen LogP contribution in [-0.2, 0) is 4.74 Å². The first kappa shape index (κ1) is 8.93. The topological polar surface area (TPSA) is 69.9 Å². The fraction of sp³-hybridized carbons (Fsp3) is 1.00. The minimum absolute atomic E-state index is 0.0177. The number of hydrogen-bond donors (Lipinski definition) is 3. The fourth-order valence-electron chi connectivity index (χ4n) is 1.29. The zero-order valence-corrected chi connectivity index (χ0v) is 6.47. The van der Waals surface area contributed by atoms with Crippen LogP contribution in [0, 0.1) is 5.92 Å². The summed E-state index contributed by atoms with van der Waals surface area (Å²) in [5.41, 5.74) is 0. The van der Waals surface area contributed by atoms with E-state index < -0.39 is 12.4 Å². The van der Waals surface area contributed by atoms with Gasteiger partial charge in [0.25, 0.3) is 0 Å². The third-order valence-electron chi connectivity index (χ3n) is 2.05. The van der Waals surface area contributed by atoms with Gasteiger partial charge < -0.3 is 20.1 Å². The lowest BCUT2D eigenvalue weighted by Crippen LogP contribution is -2.45. The van der Waals surface area contributed by atoms with Gasteiger partial charge in [-0.1, -0.05) is 6.92 Å². The van der Waals surface area contributed by atoms with Crippen molar-refractivity contribution >= 4 is 0 Å². The first-order valence-electron chi connectivity index (χ1n) is 3.77. The number of aliphatic hydroxyl groups is 3. The van der Waals surface area contributed by atoms with Gasteiger partial charge in [-0.3, -0.25) is 0 Å². The van der Waals surface area contributed by atoms with Gasteiger partial charge >= 0.3 is 0 Å². The lowest BCUT2D eigenvalue weighted by molar-refractivity contribution is -0.237. The van der Waals surface area contributed by atoms with Gasteiger partial charge in [-0.05, 0) is 12.3 Å². The molecule has 4 atom stereocenters. The highest BCUT2D eigenvalue weighted by Crippen LogP contribution is 2.23. The van der Waals surface area contributed by atoms with Crippen LogP contribution in [0.3, 0.4) is 0 Å². The van der Waals surface area contributed by atoms with Crippen LogP contribution in [0.15, 0.2) is 0 Å². The largest absolute Gasteiger partial charge is 0.394 e. The highest BCUT2D eigenvalue weighted by atomic mass is 16.6. The van der Waals surface area contributed by atoms with Gasteiger partial charge in [-0.25, -0.2) is 0 Å². The molecule has 11 heavy (non-hydrogen) atoms. The first-order chi connectivity index (χ1) is 5.15. The molecule has 0 saturated carbocycles. The van der Waals surface area contributed by atoms with Crippen LogP contribution in [0.1, 0.15) is 13.3 Å². The fourth-order valence-corrected chi connectivity index (χ4v) is 1.29. The highest BCUT2D eigenvalue weighted by Gasteiger charge is 2.33. The molecule has 4 nitrogen and oxygen atoms in total. The van der Waals surface area contributed by atoms with Gasteiger partial charge in [0.2, 0.25) is 0 Å². The van der Waals surface area contributed by atoms with Gasteiger partial charge in [-0.2, -0.15) is 0 Å². The van der Waals surface area contributed by atoms with E-state index in [9.17, 15) is 5.11 Å². The Morgan fingerprint density at radius 3 is 2.55 bits per heavy atom. The molecule has 0 aromatic rings. The third kappa shape index (κ3) is 1.90. The van der Waals surface area contributed by atoms with Crippen LogP contribution < -0.4 is 0 Å². The van der Waals surface area contributed by atoms with Gasteiger partial charge in [-0.15, -0.1) is 0 Å². The molecule has 1 aliphatic rings. The van der Waals surface area contributed by atoms with Crippen molar-refractivity contribution in [3.8, 4) is 0 Å². The number of ether oxygens (including phenoxy) is 1. The summed E-state index contributed by atoms with van der Waals surface area (Å²) in [5, 5.41) is 27.0. The molecule has 1 saturated heterocycles. The van der Waals surface area contributed by atoms with E-state index in [-0.39, 0.29) is 18.6 Å². The molecule has 0 unspecified atom stereocenters. The van der Waals surface area contributed by atoms with E-state index in [2.05, 4.69) is 0 Å². The molecule has 0 bridgehead atoms. The molecular weight excluding hydrogens is 148 g/mol. The van der Waals surface area contributed by atoms with Crippen LogP contribution in [0.2, 0.25) is 0 Å². The second-order valence-corrected chi connectivity index (χ2v) is 3.03. The van der Waals surface area contributed by atoms with Crippen LogP contribution in [-0.4, -0.2) is 40.4 Å². The van der Waals surface area contributed by atoms with E-state index >= 15 is 0 Å². The Hall–Kier alpha value is -0.160. The Kier molecular flexibility index (Phi) is 2.84. The standard InChI is InChI=1S/C7H14O4/c1-4-2-5(3-8)11-7(10)6(4)9/h4-10H,2-3H2,1H3/t4-,5-,6+,7+/m0/s1. The minimum Gasteiger partial charge on any atom is -0.394 e. The summed E-state index contributed by atoms with van der Waals surface area (Å²) in [4.78, 5) is 0. The van der Waals surface area contributed by atoms with Crippen molar-refractivity contribution < 1.29 is 20.1 Å². The molecule has 0 aliphatic carbocycles. The van der Waals surface area contributed by atoms with Crippen molar-refractivity contribution in [2.75, 3.05) is 6.61 Å². The van der Waals surface area contributed by atoms with Crippen LogP contribution >= 0.6 is 0 Å². The summed E-state index contributed by atoms with van der Waals surface area (Å²) in [6.07, 6.45) is -1.70. The number of aliphatic hydroxyl groups excluding tert-OH is 3. The minimum atomic E-state index is -1.14. The molecular formula is C7H14O4. The van der Waals surface area contributed by atoms with E-state index in [1.54, 1.807) is 0 Å². The molecule has 0 radical (unpaired) electrons. The Morgan fingerprint density at radius 1 is 1.45 bits per heavy atom. The average molecular weight is 162 g/mol. The summed E-state index contributed by atoms with van der Waals surface area (Å²) in [7, 11) is 0. The van der Waals surface area contributed by atoms with Gasteiger partial charge in [0.1, 0.15) is 6.10 Å². The molecule has 1 rings (SSSR count). The zero-order valence-electron chi connectivity index (χ0n) is 6.47. The molecule has 3 N–H and O–H groups in total. The summed E-state index contributed by atoms with van der Waals surface area (Å²) < 4.78 is 4.87. The molecule has 1 heterocycles. The van der Waals surface area contributed by atoms with Crippen LogP contribution in [0.4, 0.5) is 0 Å². The summed E-state index contributed by atoms with van der Waals surface area (Å²) in [5.74, 6) is -0.0177.